The lowest BCUT2D eigenvalue weighted by Gasteiger charge is -2.12. The summed E-state index contributed by atoms with van der Waals surface area (Å²) in [7, 11) is 3.00. The van der Waals surface area contributed by atoms with E-state index in [1.54, 1.807) is 30.3 Å². The van der Waals surface area contributed by atoms with Crippen molar-refractivity contribution in [2.75, 3.05) is 24.9 Å². The van der Waals surface area contributed by atoms with Crippen molar-refractivity contribution in [1.29, 1.82) is 0 Å². The Morgan fingerprint density at radius 2 is 1.46 bits per heavy atom. The van der Waals surface area contributed by atoms with Crippen molar-refractivity contribution >= 4 is 23.2 Å². The fourth-order valence-electron chi connectivity index (χ4n) is 2.32. The van der Waals surface area contributed by atoms with Crippen molar-refractivity contribution in [1.82, 2.24) is 0 Å². The van der Waals surface area contributed by atoms with Crippen molar-refractivity contribution in [2.45, 2.75) is 13.8 Å². The van der Waals surface area contributed by atoms with Crippen LogP contribution in [-0.4, -0.2) is 26.0 Å². The first kappa shape index (κ1) is 17.3. The summed E-state index contributed by atoms with van der Waals surface area (Å²) in [4.78, 5) is 24.2. The summed E-state index contributed by atoms with van der Waals surface area (Å²) >= 11 is 0. The highest BCUT2D eigenvalue weighted by molar-refractivity contribution is 6.43. The van der Waals surface area contributed by atoms with Gasteiger partial charge in [0.15, 0.2) is 0 Å². The smallest absolute Gasteiger partial charge is 0.314 e. The van der Waals surface area contributed by atoms with Gasteiger partial charge >= 0.3 is 11.8 Å². The number of amides is 2. The molecular weight excluding hydrogens is 308 g/mol. The fourth-order valence-corrected chi connectivity index (χ4v) is 2.32. The van der Waals surface area contributed by atoms with Gasteiger partial charge in [0.1, 0.15) is 11.5 Å². The molecule has 0 aliphatic rings. The topological polar surface area (TPSA) is 76.7 Å². The normalized spacial score (nSPS) is 10.0. The van der Waals surface area contributed by atoms with Crippen LogP contribution in [0.15, 0.2) is 36.4 Å². The van der Waals surface area contributed by atoms with E-state index in [1.807, 2.05) is 19.9 Å². The van der Waals surface area contributed by atoms with E-state index < -0.39 is 11.8 Å². The summed E-state index contributed by atoms with van der Waals surface area (Å²) < 4.78 is 10.3. The summed E-state index contributed by atoms with van der Waals surface area (Å²) in [5, 5.41) is 5.12. The first-order valence-electron chi connectivity index (χ1n) is 7.35. The number of anilines is 2. The molecule has 24 heavy (non-hydrogen) atoms. The quantitative estimate of drug-likeness (QED) is 0.846. The third-order valence-electron chi connectivity index (χ3n) is 3.34. The van der Waals surface area contributed by atoms with E-state index >= 15 is 0 Å². The maximum atomic E-state index is 12.1. The number of carbonyl (C=O) groups excluding carboxylic acids is 2. The molecule has 2 rings (SSSR count). The van der Waals surface area contributed by atoms with Gasteiger partial charge in [-0.3, -0.25) is 9.59 Å². The van der Waals surface area contributed by atoms with Crippen LogP contribution in [0.25, 0.3) is 0 Å². The van der Waals surface area contributed by atoms with E-state index in [0.717, 1.165) is 11.1 Å². The summed E-state index contributed by atoms with van der Waals surface area (Å²) in [6, 6.07) is 10.5. The van der Waals surface area contributed by atoms with E-state index in [0.29, 0.717) is 22.9 Å². The van der Waals surface area contributed by atoms with Gasteiger partial charge in [0, 0.05) is 11.8 Å². The van der Waals surface area contributed by atoms with Crippen LogP contribution in [0.3, 0.4) is 0 Å². The molecule has 126 valence electrons. The van der Waals surface area contributed by atoms with Crippen LogP contribution >= 0.6 is 0 Å². The summed E-state index contributed by atoms with van der Waals surface area (Å²) in [5.74, 6) is -0.540. The lowest BCUT2D eigenvalue weighted by atomic mass is 10.1. The minimum absolute atomic E-state index is 0.388. The Kier molecular flexibility index (Phi) is 5.42. The zero-order valence-electron chi connectivity index (χ0n) is 14.1. The van der Waals surface area contributed by atoms with Crippen molar-refractivity contribution in [3.05, 3.63) is 47.5 Å². The predicted molar refractivity (Wildman–Crippen MR) is 92.7 cm³/mol. The Hall–Kier alpha value is -3.02. The molecule has 0 unspecified atom stereocenters. The second-order valence-electron chi connectivity index (χ2n) is 5.35. The molecule has 0 fully saturated rings. The lowest BCUT2D eigenvalue weighted by molar-refractivity contribution is -0.133. The zero-order chi connectivity index (χ0) is 17.7. The number of hydrogen-bond donors (Lipinski definition) is 2. The molecule has 0 saturated carbocycles. The van der Waals surface area contributed by atoms with Crippen molar-refractivity contribution in [3.8, 4) is 11.5 Å². The van der Waals surface area contributed by atoms with Crippen LogP contribution in [0.4, 0.5) is 11.4 Å². The fraction of sp³-hybridized carbons (Fsp3) is 0.222. The predicted octanol–water partition coefficient (Wildman–Crippen LogP) is 2.90. The number of benzene rings is 2. The maximum Gasteiger partial charge on any atom is 0.314 e. The van der Waals surface area contributed by atoms with E-state index in [2.05, 4.69) is 10.6 Å². The molecule has 0 radical (unpaired) electrons. The average Bonchev–Trinajstić information content (AvgIpc) is 2.54. The van der Waals surface area contributed by atoms with E-state index in [1.165, 1.54) is 14.2 Å². The highest BCUT2D eigenvalue weighted by Gasteiger charge is 2.16. The van der Waals surface area contributed by atoms with Crippen molar-refractivity contribution < 1.29 is 19.1 Å². The van der Waals surface area contributed by atoms with Crippen LogP contribution in [0.2, 0.25) is 0 Å². The van der Waals surface area contributed by atoms with Crippen LogP contribution in [0.5, 0.6) is 11.5 Å². The Balaban J connectivity index is 2.10. The average molecular weight is 328 g/mol. The number of aryl methyl sites for hydroxylation is 2. The Morgan fingerprint density at radius 1 is 0.833 bits per heavy atom. The van der Waals surface area contributed by atoms with E-state index in [4.69, 9.17) is 9.47 Å². The van der Waals surface area contributed by atoms with Gasteiger partial charge < -0.3 is 20.1 Å². The molecule has 2 amide bonds. The second-order valence-corrected chi connectivity index (χ2v) is 5.35. The molecular formula is C18H20N2O4. The lowest BCUT2D eigenvalue weighted by Crippen LogP contribution is -2.29. The van der Waals surface area contributed by atoms with Crippen LogP contribution in [0.1, 0.15) is 11.1 Å². The second kappa shape index (κ2) is 7.50. The van der Waals surface area contributed by atoms with Gasteiger partial charge in [0.05, 0.1) is 19.9 Å². The molecule has 0 aromatic heterocycles. The number of carbonyl (C=O) groups is 2. The minimum atomic E-state index is -0.780. The van der Waals surface area contributed by atoms with Gasteiger partial charge in [0.25, 0.3) is 0 Å². The largest absolute Gasteiger partial charge is 0.497 e. The van der Waals surface area contributed by atoms with Crippen LogP contribution in [-0.2, 0) is 9.59 Å². The number of nitrogens with one attached hydrogen (secondary N) is 2. The first-order chi connectivity index (χ1) is 11.4. The number of methoxy groups -OCH3 is 2. The molecule has 2 N–H and O–H groups in total. The van der Waals surface area contributed by atoms with Gasteiger partial charge in [-0.1, -0.05) is 6.07 Å². The minimum Gasteiger partial charge on any atom is -0.497 e. The Bertz CT molecular complexity index is 751. The van der Waals surface area contributed by atoms with E-state index in [9.17, 15) is 9.59 Å². The molecule has 0 bridgehead atoms. The molecule has 0 aliphatic carbocycles. The summed E-state index contributed by atoms with van der Waals surface area (Å²) in [6.45, 7) is 3.84. The standard InChI is InChI=1S/C18H20N2O4/c1-11-7-12(2)9-13(8-11)19-17(21)18(22)20-15-6-5-14(23-3)10-16(15)24-4/h5-10H,1-4H3,(H,19,21)(H,20,22). The SMILES string of the molecule is COc1ccc(NC(=O)C(=O)Nc2cc(C)cc(C)c2)c(OC)c1. The first-order valence-corrected chi connectivity index (χ1v) is 7.35. The van der Waals surface area contributed by atoms with Gasteiger partial charge in [-0.05, 0) is 49.2 Å². The van der Waals surface area contributed by atoms with Gasteiger partial charge in [0.2, 0.25) is 0 Å². The van der Waals surface area contributed by atoms with Crippen LogP contribution in [0, 0.1) is 13.8 Å². The number of ether oxygens (including phenoxy) is 2. The summed E-state index contributed by atoms with van der Waals surface area (Å²) in [5.41, 5.74) is 2.97. The molecule has 6 nitrogen and oxygen atoms in total. The molecule has 2 aromatic carbocycles. The summed E-state index contributed by atoms with van der Waals surface area (Å²) in [6.07, 6.45) is 0. The van der Waals surface area contributed by atoms with Gasteiger partial charge in [-0.2, -0.15) is 0 Å². The van der Waals surface area contributed by atoms with Crippen molar-refractivity contribution in [2.24, 2.45) is 0 Å². The Labute approximate surface area is 140 Å². The van der Waals surface area contributed by atoms with Crippen molar-refractivity contribution in [3.63, 3.8) is 0 Å². The highest BCUT2D eigenvalue weighted by atomic mass is 16.5. The van der Waals surface area contributed by atoms with Crippen LogP contribution < -0.4 is 20.1 Å². The Morgan fingerprint density at radius 3 is 2.04 bits per heavy atom. The molecule has 0 heterocycles. The monoisotopic (exact) mass is 328 g/mol. The zero-order valence-corrected chi connectivity index (χ0v) is 14.1. The molecule has 2 aromatic rings. The molecule has 0 saturated heterocycles. The molecule has 0 atom stereocenters. The number of rotatable bonds is 4. The molecule has 0 spiro atoms. The van der Waals surface area contributed by atoms with E-state index in [-0.39, 0.29) is 0 Å². The van der Waals surface area contributed by atoms with Gasteiger partial charge in [-0.15, -0.1) is 0 Å². The number of hydrogen-bond acceptors (Lipinski definition) is 4. The highest BCUT2D eigenvalue weighted by Crippen LogP contribution is 2.29. The molecule has 0 aliphatic heterocycles. The third kappa shape index (κ3) is 4.25. The van der Waals surface area contributed by atoms with Gasteiger partial charge in [-0.25, -0.2) is 0 Å². The third-order valence-corrected chi connectivity index (χ3v) is 3.34. The molecule has 6 heteroatoms. The maximum absolute atomic E-state index is 12.1.